The first-order chi connectivity index (χ1) is 11.8. The fourth-order valence-electron chi connectivity index (χ4n) is 2.03. The summed E-state index contributed by atoms with van der Waals surface area (Å²) in [6, 6.07) is 8.31. The van der Waals surface area contributed by atoms with Crippen LogP contribution in [0.15, 0.2) is 24.3 Å². The number of benzene rings is 1. The minimum atomic E-state index is 0.544. The van der Waals surface area contributed by atoms with Crippen LogP contribution in [-0.4, -0.2) is 60.0 Å². The molecule has 5 nitrogen and oxygen atoms in total. The van der Waals surface area contributed by atoms with Gasteiger partial charge in [-0.05, 0) is 30.0 Å². The van der Waals surface area contributed by atoms with E-state index in [9.17, 15) is 0 Å². The van der Waals surface area contributed by atoms with E-state index in [1.54, 1.807) is 7.11 Å². The zero-order valence-corrected chi connectivity index (χ0v) is 15.3. The number of methoxy groups -OCH3 is 1. The molecule has 0 aliphatic carbocycles. The van der Waals surface area contributed by atoms with Crippen LogP contribution in [0.3, 0.4) is 0 Å². The zero-order chi connectivity index (χ0) is 17.5. The molecule has 0 aromatic heterocycles. The van der Waals surface area contributed by atoms with Gasteiger partial charge in [-0.25, -0.2) is 0 Å². The van der Waals surface area contributed by atoms with Crippen LogP contribution in [-0.2, 0) is 18.9 Å². The summed E-state index contributed by atoms with van der Waals surface area (Å²) < 4.78 is 26.7. The Kier molecular flexibility index (Phi) is 12.4. The maximum absolute atomic E-state index is 5.66. The smallest absolute Gasteiger partial charge is 0.119 e. The quantitative estimate of drug-likeness (QED) is 0.459. The lowest BCUT2D eigenvalue weighted by Crippen LogP contribution is -2.13. The summed E-state index contributed by atoms with van der Waals surface area (Å²) in [5, 5.41) is 0. The molecule has 0 heterocycles. The van der Waals surface area contributed by atoms with Gasteiger partial charge >= 0.3 is 0 Å². The molecule has 0 aliphatic heterocycles. The van der Waals surface area contributed by atoms with Gasteiger partial charge in [0.05, 0.1) is 46.2 Å². The van der Waals surface area contributed by atoms with Gasteiger partial charge in [0.1, 0.15) is 12.4 Å². The summed E-state index contributed by atoms with van der Waals surface area (Å²) in [5.74, 6) is 1.47. The molecular weight excluding hydrogens is 308 g/mol. The monoisotopic (exact) mass is 340 g/mol. The van der Waals surface area contributed by atoms with Crippen molar-refractivity contribution in [3.8, 4) is 5.75 Å². The van der Waals surface area contributed by atoms with Gasteiger partial charge in [0, 0.05) is 7.11 Å². The molecule has 1 unspecified atom stereocenters. The summed E-state index contributed by atoms with van der Waals surface area (Å²) in [6.45, 7) is 9.04. The number of ether oxygens (including phenoxy) is 5. The Morgan fingerprint density at radius 2 is 1.25 bits per heavy atom. The van der Waals surface area contributed by atoms with Gasteiger partial charge in [-0.1, -0.05) is 26.0 Å². The Hall–Kier alpha value is -1.14. The third-order valence-electron chi connectivity index (χ3n) is 3.73. The molecule has 1 aromatic carbocycles. The maximum atomic E-state index is 5.66. The summed E-state index contributed by atoms with van der Waals surface area (Å²) >= 11 is 0. The number of hydrogen-bond donors (Lipinski definition) is 0. The Bertz CT molecular complexity index is 393. The third kappa shape index (κ3) is 9.88. The van der Waals surface area contributed by atoms with Crippen molar-refractivity contribution < 1.29 is 23.7 Å². The SMILES string of the molecule is CCC(C)c1ccc(OCCOCCOCCOCCOC)cc1. The Morgan fingerprint density at radius 3 is 1.75 bits per heavy atom. The number of hydrogen-bond acceptors (Lipinski definition) is 5. The predicted octanol–water partition coefficient (Wildman–Crippen LogP) is 3.28. The third-order valence-corrected chi connectivity index (χ3v) is 3.73. The summed E-state index contributed by atoms with van der Waals surface area (Å²) in [6.07, 6.45) is 1.15. The van der Waals surface area contributed by atoms with Gasteiger partial charge in [0.25, 0.3) is 0 Å². The minimum absolute atomic E-state index is 0.544. The largest absolute Gasteiger partial charge is 0.491 e. The molecule has 1 rings (SSSR count). The second kappa shape index (κ2) is 14.2. The van der Waals surface area contributed by atoms with Gasteiger partial charge in [-0.2, -0.15) is 0 Å². The average Bonchev–Trinajstić information content (AvgIpc) is 2.62. The first-order valence-corrected chi connectivity index (χ1v) is 8.72. The van der Waals surface area contributed by atoms with Gasteiger partial charge in [0.2, 0.25) is 0 Å². The van der Waals surface area contributed by atoms with Crippen molar-refractivity contribution >= 4 is 0 Å². The highest BCUT2D eigenvalue weighted by atomic mass is 16.6. The van der Waals surface area contributed by atoms with Crippen LogP contribution in [0.25, 0.3) is 0 Å². The average molecular weight is 340 g/mol. The Balaban J connectivity index is 1.93. The molecule has 5 heteroatoms. The highest BCUT2D eigenvalue weighted by molar-refractivity contribution is 5.29. The lowest BCUT2D eigenvalue weighted by atomic mass is 9.99. The van der Waals surface area contributed by atoms with E-state index in [1.807, 2.05) is 12.1 Å². The molecule has 0 saturated carbocycles. The molecule has 0 bridgehead atoms. The molecule has 0 amide bonds. The van der Waals surface area contributed by atoms with Crippen molar-refractivity contribution in [2.75, 3.05) is 60.0 Å². The molecule has 0 N–H and O–H groups in total. The minimum Gasteiger partial charge on any atom is -0.491 e. The van der Waals surface area contributed by atoms with Crippen molar-refractivity contribution in [3.05, 3.63) is 29.8 Å². The maximum Gasteiger partial charge on any atom is 0.119 e. The van der Waals surface area contributed by atoms with Crippen molar-refractivity contribution in [3.63, 3.8) is 0 Å². The van der Waals surface area contributed by atoms with Gasteiger partial charge in [0.15, 0.2) is 0 Å². The van der Waals surface area contributed by atoms with Crippen LogP contribution in [0.2, 0.25) is 0 Å². The second-order valence-corrected chi connectivity index (χ2v) is 5.56. The molecule has 24 heavy (non-hydrogen) atoms. The van der Waals surface area contributed by atoms with Crippen LogP contribution in [0.1, 0.15) is 31.7 Å². The molecule has 0 aliphatic rings. The van der Waals surface area contributed by atoms with Gasteiger partial charge in [-0.15, -0.1) is 0 Å². The van der Waals surface area contributed by atoms with E-state index in [1.165, 1.54) is 5.56 Å². The van der Waals surface area contributed by atoms with E-state index in [2.05, 4.69) is 26.0 Å². The summed E-state index contributed by atoms with van der Waals surface area (Å²) in [4.78, 5) is 0. The molecule has 138 valence electrons. The van der Waals surface area contributed by atoms with E-state index in [0.29, 0.717) is 58.8 Å². The van der Waals surface area contributed by atoms with Crippen LogP contribution in [0, 0.1) is 0 Å². The summed E-state index contributed by atoms with van der Waals surface area (Å²) in [5.41, 5.74) is 1.35. The fourth-order valence-corrected chi connectivity index (χ4v) is 2.03. The van der Waals surface area contributed by atoms with Crippen LogP contribution in [0.5, 0.6) is 5.75 Å². The fraction of sp³-hybridized carbons (Fsp3) is 0.684. The topological polar surface area (TPSA) is 46.2 Å². The Labute approximate surface area is 146 Å². The van der Waals surface area contributed by atoms with Crippen LogP contribution < -0.4 is 4.74 Å². The lowest BCUT2D eigenvalue weighted by Gasteiger charge is -2.11. The summed E-state index contributed by atoms with van der Waals surface area (Å²) in [7, 11) is 1.66. The molecule has 1 atom stereocenters. The van der Waals surface area contributed by atoms with Crippen molar-refractivity contribution in [2.45, 2.75) is 26.2 Å². The normalized spacial score (nSPS) is 12.3. The van der Waals surface area contributed by atoms with Crippen LogP contribution in [0.4, 0.5) is 0 Å². The molecule has 0 spiro atoms. The van der Waals surface area contributed by atoms with Gasteiger partial charge < -0.3 is 23.7 Å². The van der Waals surface area contributed by atoms with Crippen molar-refractivity contribution in [2.24, 2.45) is 0 Å². The highest BCUT2D eigenvalue weighted by Crippen LogP contribution is 2.21. The molecule has 0 fully saturated rings. The van der Waals surface area contributed by atoms with E-state index >= 15 is 0 Å². The molecule has 1 aromatic rings. The first kappa shape index (κ1) is 20.9. The molecule has 0 radical (unpaired) electrons. The zero-order valence-electron chi connectivity index (χ0n) is 15.3. The van der Waals surface area contributed by atoms with Crippen molar-refractivity contribution in [1.29, 1.82) is 0 Å². The van der Waals surface area contributed by atoms with E-state index < -0.39 is 0 Å². The molecular formula is C19H32O5. The van der Waals surface area contributed by atoms with E-state index in [-0.39, 0.29) is 0 Å². The van der Waals surface area contributed by atoms with E-state index in [0.717, 1.165) is 12.2 Å². The van der Waals surface area contributed by atoms with Crippen LogP contribution >= 0.6 is 0 Å². The standard InChI is InChI=1S/C19H32O5/c1-4-17(2)18-5-7-19(8-6-18)24-16-15-23-14-13-22-12-11-21-10-9-20-3/h5-8,17H,4,9-16H2,1-3H3. The molecule has 0 saturated heterocycles. The second-order valence-electron chi connectivity index (χ2n) is 5.56. The van der Waals surface area contributed by atoms with Crippen molar-refractivity contribution in [1.82, 2.24) is 0 Å². The first-order valence-electron chi connectivity index (χ1n) is 8.72. The Morgan fingerprint density at radius 1 is 0.750 bits per heavy atom. The lowest BCUT2D eigenvalue weighted by molar-refractivity contribution is 0.000163. The highest BCUT2D eigenvalue weighted by Gasteiger charge is 2.02. The number of rotatable bonds is 15. The predicted molar refractivity (Wildman–Crippen MR) is 95.0 cm³/mol. The van der Waals surface area contributed by atoms with E-state index in [4.69, 9.17) is 23.7 Å². The van der Waals surface area contributed by atoms with Gasteiger partial charge in [-0.3, -0.25) is 0 Å².